The second-order valence-corrected chi connectivity index (χ2v) is 7.83. The Bertz CT molecular complexity index is 1030. The molecule has 0 saturated heterocycles. The summed E-state index contributed by atoms with van der Waals surface area (Å²) in [5, 5.41) is 3.21. The molecule has 0 heterocycles. The molecule has 4 nitrogen and oxygen atoms in total. The van der Waals surface area contributed by atoms with Gasteiger partial charge in [0, 0.05) is 19.8 Å². The van der Waals surface area contributed by atoms with E-state index in [-0.39, 0.29) is 5.69 Å². The molecule has 0 fully saturated rings. The molecule has 0 aliphatic heterocycles. The van der Waals surface area contributed by atoms with Gasteiger partial charge in [-0.05, 0) is 72.4 Å². The SMILES string of the molecule is CN(C)c1ccc(CN(c2ccc3c(c2)CCC3)N(C=O)c2ccccc2F)cc1. The van der Waals surface area contributed by atoms with E-state index in [1.54, 1.807) is 18.2 Å². The highest BCUT2D eigenvalue weighted by molar-refractivity contribution is 5.80. The molecule has 1 amide bonds. The number of nitrogens with zero attached hydrogens (tertiary/aromatic N) is 3. The molecule has 30 heavy (non-hydrogen) atoms. The molecule has 1 aliphatic carbocycles. The molecule has 4 rings (SSSR count). The lowest BCUT2D eigenvalue weighted by molar-refractivity contribution is -0.107. The van der Waals surface area contributed by atoms with Gasteiger partial charge in [0.05, 0.1) is 12.2 Å². The molecule has 0 spiro atoms. The summed E-state index contributed by atoms with van der Waals surface area (Å²) in [4.78, 5) is 14.2. The molecule has 0 atom stereocenters. The fraction of sp³-hybridized carbons (Fsp3) is 0.240. The summed E-state index contributed by atoms with van der Waals surface area (Å²) in [5.74, 6) is -0.432. The minimum atomic E-state index is -0.432. The number of hydrogen-bond donors (Lipinski definition) is 0. The summed E-state index contributed by atoms with van der Waals surface area (Å²) >= 11 is 0. The van der Waals surface area contributed by atoms with E-state index in [9.17, 15) is 9.18 Å². The Hall–Kier alpha value is -3.34. The fourth-order valence-corrected chi connectivity index (χ4v) is 3.96. The minimum absolute atomic E-state index is 0.234. The normalized spacial score (nSPS) is 12.4. The third kappa shape index (κ3) is 4.01. The highest BCUT2D eigenvalue weighted by Gasteiger charge is 2.22. The van der Waals surface area contributed by atoms with Crippen molar-refractivity contribution in [2.45, 2.75) is 25.8 Å². The van der Waals surface area contributed by atoms with Gasteiger partial charge in [-0.25, -0.2) is 9.40 Å². The summed E-state index contributed by atoms with van der Waals surface area (Å²) in [6, 6.07) is 20.8. The van der Waals surface area contributed by atoms with Gasteiger partial charge < -0.3 is 4.90 Å². The van der Waals surface area contributed by atoms with Crippen LogP contribution in [0.1, 0.15) is 23.1 Å². The van der Waals surface area contributed by atoms with Crippen molar-refractivity contribution >= 4 is 23.5 Å². The van der Waals surface area contributed by atoms with Crippen LogP contribution in [-0.2, 0) is 24.2 Å². The average Bonchev–Trinajstić information content (AvgIpc) is 3.23. The monoisotopic (exact) mass is 403 g/mol. The number of hydrazine groups is 1. The number of aryl methyl sites for hydroxylation is 2. The van der Waals surface area contributed by atoms with Crippen molar-refractivity contribution in [3.63, 3.8) is 0 Å². The van der Waals surface area contributed by atoms with Crippen molar-refractivity contribution in [3.8, 4) is 0 Å². The third-order valence-corrected chi connectivity index (χ3v) is 5.62. The van der Waals surface area contributed by atoms with Crippen molar-refractivity contribution in [1.82, 2.24) is 0 Å². The van der Waals surface area contributed by atoms with Crippen LogP contribution in [0.3, 0.4) is 0 Å². The highest BCUT2D eigenvalue weighted by atomic mass is 19.1. The Labute approximate surface area is 177 Å². The third-order valence-electron chi connectivity index (χ3n) is 5.62. The quantitative estimate of drug-likeness (QED) is 0.412. The summed E-state index contributed by atoms with van der Waals surface area (Å²) in [5.41, 5.74) is 5.91. The van der Waals surface area contributed by atoms with E-state index in [2.05, 4.69) is 12.1 Å². The number of rotatable bonds is 7. The molecule has 3 aromatic rings. The van der Waals surface area contributed by atoms with Gasteiger partial charge in [-0.3, -0.25) is 9.80 Å². The minimum Gasteiger partial charge on any atom is -0.378 e. The molecule has 154 valence electrons. The van der Waals surface area contributed by atoms with E-state index in [4.69, 9.17) is 0 Å². The predicted octanol–water partition coefficient (Wildman–Crippen LogP) is 4.97. The molecule has 0 radical (unpaired) electrons. The predicted molar refractivity (Wildman–Crippen MR) is 120 cm³/mol. The molecular formula is C25H26FN3O. The van der Waals surface area contributed by atoms with Crippen LogP contribution in [0.15, 0.2) is 66.7 Å². The number of hydrogen-bond acceptors (Lipinski definition) is 3. The van der Waals surface area contributed by atoms with Gasteiger partial charge in [-0.2, -0.15) is 0 Å². The lowest BCUT2D eigenvalue weighted by Gasteiger charge is -2.34. The smallest absolute Gasteiger partial charge is 0.233 e. The molecular weight excluding hydrogens is 377 g/mol. The highest BCUT2D eigenvalue weighted by Crippen LogP contribution is 2.31. The molecule has 0 bridgehead atoms. The van der Waals surface area contributed by atoms with Crippen LogP contribution in [0.25, 0.3) is 0 Å². The van der Waals surface area contributed by atoms with Crippen LogP contribution < -0.4 is 14.9 Å². The van der Waals surface area contributed by atoms with Crippen molar-refractivity contribution in [1.29, 1.82) is 0 Å². The van der Waals surface area contributed by atoms with Crippen LogP contribution in [0.5, 0.6) is 0 Å². The Morgan fingerprint density at radius 3 is 2.30 bits per heavy atom. The Morgan fingerprint density at radius 1 is 0.900 bits per heavy atom. The first-order chi connectivity index (χ1) is 14.6. The number of halogens is 1. The van der Waals surface area contributed by atoms with Gasteiger partial charge in [0.25, 0.3) is 0 Å². The molecule has 3 aromatic carbocycles. The Kier molecular flexibility index (Phi) is 5.70. The maximum absolute atomic E-state index is 14.6. The summed E-state index contributed by atoms with van der Waals surface area (Å²) in [6.07, 6.45) is 3.96. The summed E-state index contributed by atoms with van der Waals surface area (Å²) in [6.45, 7) is 0.444. The van der Waals surface area contributed by atoms with Crippen LogP contribution in [0, 0.1) is 5.82 Å². The van der Waals surface area contributed by atoms with Crippen LogP contribution >= 0.6 is 0 Å². The number of carbonyl (C=O) groups is 1. The number of carbonyl (C=O) groups excluding carboxylic acids is 1. The van der Waals surface area contributed by atoms with Crippen LogP contribution in [0.2, 0.25) is 0 Å². The van der Waals surface area contributed by atoms with E-state index >= 15 is 0 Å². The largest absolute Gasteiger partial charge is 0.378 e. The van der Waals surface area contributed by atoms with Gasteiger partial charge in [0.1, 0.15) is 11.5 Å². The van der Waals surface area contributed by atoms with Gasteiger partial charge in [0.15, 0.2) is 0 Å². The van der Waals surface area contributed by atoms with Gasteiger partial charge in [-0.15, -0.1) is 0 Å². The van der Waals surface area contributed by atoms with E-state index in [1.807, 2.05) is 54.3 Å². The Morgan fingerprint density at radius 2 is 1.60 bits per heavy atom. The molecule has 0 unspecified atom stereocenters. The fourth-order valence-electron chi connectivity index (χ4n) is 3.96. The average molecular weight is 404 g/mol. The van der Waals surface area contributed by atoms with Crippen molar-refractivity contribution in [2.75, 3.05) is 29.0 Å². The summed E-state index contributed by atoms with van der Waals surface area (Å²) in [7, 11) is 4.00. The number of para-hydroxylation sites is 1. The van der Waals surface area contributed by atoms with E-state index in [0.717, 1.165) is 36.2 Å². The molecule has 0 N–H and O–H groups in total. The van der Waals surface area contributed by atoms with Gasteiger partial charge >= 0.3 is 0 Å². The maximum Gasteiger partial charge on any atom is 0.233 e. The standard InChI is InChI=1S/C25H26FN3O/c1-27(2)22-13-10-19(11-14-22)17-28(23-15-12-20-6-5-7-21(20)16-23)29(18-30)25-9-4-3-8-24(25)26/h3-4,8-16,18H,5-7,17H2,1-2H3. The number of fused-ring (bicyclic) bond motifs is 1. The number of amides is 1. The zero-order chi connectivity index (χ0) is 21.1. The first-order valence-electron chi connectivity index (χ1n) is 10.2. The molecule has 0 saturated carbocycles. The first-order valence-corrected chi connectivity index (χ1v) is 10.2. The number of anilines is 3. The van der Waals surface area contributed by atoms with Gasteiger partial charge in [0.2, 0.25) is 6.41 Å². The van der Waals surface area contributed by atoms with Crippen molar-refractivity contribution < 1.29 is 9.18 Å². The molecule has 1 aliphatic rings. The zero-order valence-corrected chi connectivity index (χ0v) is 17.4. The topological polar surface area (TPSA) is 26.8 Å². The second-order valence-electron chi connectivity index (χ2n) is 7.83. The maximum atomic E-state index is 14.6. The number of benzene rings is 3. The van der Waals surface area contributed by atoms with Gasteiger partial charge in [-0.1, -0.05) is 30.3 Å². The van der Waals surface area contributed by atoms with E-state index in [0.29, 0.717) is 13.0 Å². The van der Waals surface area contributed by atoms with Crippen molar-refractivity contribution in [2.24, 2.45) is 0 Å². The molecule has 0 aromatic heterocycles. The Balaban J connectivity index is 1.74. The lowest BCUT2D eigenvalue weighted by Crippen LogP contribution is -2.42. The second kappa shape index (κ2) is 8.57. The van der Waals surface area contributed by atoms with Crippen LogP contribution in [-0.4, -0.2) is 20.5 Å². The van der Waals surface area contributed by atoms with Crippen LogP contribution in [0.4, 0.5) is 21.5 Å². The van der Waals surface area contributed by atoms with E-state index in [1.165, 1.54) is 22.2 Å². The molecule has 5 heteroatoms. The first kappa shape index (κ1) is 20.0. The zero-order valence-electron chi connectivity index (χ0n) is 17.4. The lowest BCUT2D eigenvalue weighted by atomic mass is 10.1. The van der Waals surface area contributed by atoms with E-state index < -0.39 is 5.82 Å². The summed E-state index contributed by atoms with van der Waals surface area (Å²) < 4.78 is 14.6. The van der Waals surface area contributed by atoms with Crippen molar-refractivity contribution in [3.05, 3.63) is 89.2 Å².